The van der Waals surface area contributed by atoms with Crippen molar-refractivity contribution in [1.29, 1.82) is 0 Å². The van der Waals surface area contributed by atoms with Gasteiger partial charge in [-0.3, -0.25) is 0 Å². The molecule has 1 unspecified atom stereocenters. The molecule has 72 valence electrons. The quantitative estimate of drug-likeness (QED) is 0.693. The van der Waals surface area contributed by atoms with Gasteiger partial charge in [-0.25, -0.2) is 8.42 Å². The molecule has 0 aliphatic heterocycles. The summed E-state index contributed by atoms with van der Waals surface area (Å²) in [5.41, 5.74) is 0. The van der Waals surface area contributed by atoms with E-state index in [4.69, 9.17) is 0 Å². The van der Waals surface area contributed by atoms with Crippen LogP contribution in [0, 0.1) is 5.92 Å². The fourth-order valence-corrected chi connectivity index (χ4v) is 1.91. The van der Waals surface area contributed by atoms with Crippen LogP contribution in [0.15, 0.2) is 0 Å². The Morgan fingerprint density at radius 3 is 2.50 bits per heavy atom. The van der Waals surface area contributed by atoms with E-state index in [9.17, 15) is 13.5 Å². The van der Waals surface area contributed by atoms with Gasteiger partial charge in [-0.1, -0.05) is 12.8 Å². The second kappa shape index (κ2) is 3.75. The van der Waals surface area contributed by atoms with Crippen molar-refractivity contribution in [3.63, 3.8) is 0 Å². The highest BCUT2D eigenvalue weighted by atomic mass is 32.2. The normalized spacial score (nSPS) is 20.8. The molecule has 0 radical (unpaired) electrons. The molecule has 12 heavy (non-hydrogen) atoms. The molecule has 1 saturated carbocycles. The molecule has 1 aliphatic carbocycles. The second-order valence-corrected chi connectivity index (χ2v) is 6.01. The Kier molecular flexibility index (Phi) is 3.12. The minimum Gasteiger partial charge on any atom is -0.393 e. The average Bonchev–Trinajstić information content (AvgIpc) is 2.66. The molecule has 4 heteroatoms. The first kappa shape index (κ1) is 9.99. The van der Waals surface area contributed by atoms with E-state index >= 15 is 0 Å². The number of aliphatic hydroxyl groups excluding tert-OH is 1. The Morgan fingerprint density at radius 2 is 2.08 bits per heavy atom. The van der Waals surface area contributed by atoms with Crippen molar-refractivity contribution in [2.45, 2.75) is 31.8 Å². The van der Waals surface area contributed by atoms with Crippen LogP contribution in [0.1, 0.15) is 25.7 Å². The van der Waals surface area contributed by atoms with Crippen molar-refractivity contribution in [1.82, 2.24) is 0 Å². The first-order chi connectivity index (χ1) is 5.47. The maximum atomic E-state index is 10.7. The molecule has 3 nitrogen and oxygen atoms in total. The summed E-state index contributed by atoms with van der Waals surface area (Å²) in [5.74, 6) is 0.778. The Bertz CT molecular complexity index is 229. The number of aliphatic hydroxyl groups is 1. The van der Waals surface area contributed by atoms with E-state index in [1.54, 1.807) is 0 Å². The molecule has 1 atom stereocenters. The van der Waals surface area contributed by atoms with Gasteiger partial charge in [0.25, 0.3) is 0 Å². The van der Waals surface area contributed by atoms with E-state index in [0.29, 0.717) is 12.3 Å². The molecule has 0 aromatic carbocycles. The Labute approximate surface area is 73.7 Å². The summed E-state index contributed by atoms with van der Waals surface area (Å²) in [4.78, 5) is 0. The van der Waals surface area contributed by atoms with Crippen molar-refractivity contribution < 1.29 is 13.5 Å². The molecular weight excluding hydrogens is 176 g/mol. The summed E-state index contributed by atoms with van der Waals surface area (Å²) in [7, 11) is -2.89. The van der Waals surface area contributed by atoms with Gasteiger partial charge in [-0.2, -0.15) is 0 Å². The zero-order valence-electron chi connectivity index (χ0n) is 7.36. The van der Waals surface area contributed by atoms with Crippen LogP contribution in [0.3, 0.4) is 0 Å². The molecule has 1 aliphatic rings. The molecule has 0 bridgehead atoms. The third-order valence-electron chi connectivity index (χ3n) is 2.12. The van der Waals surface area contributed by atoms with E-state index in [0.717, 1.165) is 6.42 Å². The minimum atomic E-state index is -2.89. The summed E-state index contributed by atoms with van der Waals surface area (Å²) in [6.07, 6.45) is 4.39. The Balaban J connectivity index is 2.12. The second-order valence-electron chi connectivity index (χ2n) is 3.75. The van der Waals surface area contributed by atoms with Crippen molar-refractivity contribution >= 4 is 9.84 Å². The highest BCUT2D eigenvalue weighted by Gasteiger charge is 2.24. The van der Waals surface area contributed by atoms with E-state index in [-0.39, 0.29) is 5.75 Å². The molecule has 1 fully saturated rings. The number of hydrogen-bond donors (Lipinski definition) is 1. The fraction of sp³-hybridized carbons (Fsp3) is 1.00. The van der Waals surface area contributed by atoms with Gasteiger partial charge in [0.05, 0.1) is 11.9 Å². The zero-order valence-corrected chi connectivity index (χ0v) is 8.18. The molecule has 0 spiro atoms. The average molecular weight is 192 g/mol. The standard InChI is InChI=1S/C8H16O3S/c1-12(10,11)5-4-8(9)6-7-2-3-7/h7-9H,2-6H2,1H3. The van der Waals surface area contributed by atoms with E-state index in [1.165, 1.54) is 19.1 Å². The SMILES string of the molecule is CS(=O)(=O)CCC(O)CC1CC1. The lowest BCUT2D eigenvalue weighted by atomic mass is 10.1. The zero-order chi connectivity index (χ0) is 9.19. The van der Waals surface area contributed by atoms with Crippen LogP contribution in [-0.2, 0) is 9.84 Å². The van der Waals surface area contributed by atoms with E-state index in [2.05, 4.69) is 0 Å². The van der Waals surface area contributed by atoms with Crippen LogP contribution in [0.4, 0.5) is 0 Å². The van der Waals surface area contributed by atoms with Crippen molar-refractivity contribution in [2.24, 2.45) is 5.92 Å². The molecule has 0 aromatic heterocycles. The largest absolute Gasteiger partial charge is 0.393 e. The van der Waals surface area contributed by atoms with Crippen LogP contribution in [0.25, 0.3) is 0 Å². The van der Waals surface area contributed by atoms with E-state index < -0.39 is 15.9 Å². The molecule has 1 rings (SSSR count). The molecule has 0 saturated heterocycles. The molecule has 0 aromatic rings. The van der Waals surface area contributed by atoms with Crippen molar-refractivity contribution in [2.75, 3.05) is 12.0 Å². The first-order valence-corrected chi connectivity index (χ1v) is 6.39. The van der Waals surface area contributed by atoms with Crippen molar-refractivity contribution in [3.05, 3.63) is 0 Å². The highest BCUT2D eigenvalue weighted by Crippen LogP contribution is 2.33. The number of rotatable bonds is 5. The van der Waals surface area contributed by atoms with Gasteiger partial charge in [0.2, 0.25) is 0 Å². The fourth-order valence-electron chi connectivity index (χ4n) is 1.21. The summed E-state index contributed by atoms with van der Waals surface area (Å²) in [6.45, 7) is 0. The molecule has 1 N–H and O–H groups in total. The van der Waals surface area contributed by atoms with Crippen LogP contribution in [0.2, 0.25) is 0 Å². The number of sulfone groups is 1. The summed E-state index contributed by atoms with van der Waals surface area (Å²) in [6, 6.07) is 0. The van der Waals surface area contributed by atoms with Crippen molar-refractivity contribution in [3.8, 4) is 0 Å². The van der Waals surface area contributed by atoms with Crippen LogP contribution in [-0.4, -0.2) is 31.6 Å². The predicted molar refractivity (Wildman–Crippen MR) is 47.7 cm³/mol. The number of hydrogen-bond acceptors (Lipinski definition) is 3. The highest BCUT2D eigenvalue weighted by molar-refractivity contribution is 7.90. The third-order valence-corrected chi connectivity index (χ3v) is 3.10. The summed E-state index contributed by atoms with van der Waals surface area (Å²) in [5, 5.41) is 9.36. The minimum absolute atomic E-state index is 0.112. The Morgan fingerprint density at radius 1 is 1.50 bits per heavy atom. The maximum absolute atomic E-state index is 10.7. The van der Waals surface area contributed by atoms with Crippen LogP contribution in [0.5, 0.6) is 0 Å². The maximum Gasteiger partial charge on any atom is 0.147 e. The smallest absolute Gasteiger partial charge is 0.147 e. The molecule has 0 heterocycles. The Hall–Kier alpha value is -0.0900. The molecular formula is C8H16O3S. The lowest BCUT2D eigenvalue weighted by Gasteiger charge is -2.07. The van der Waals surface area contributed by atoms with Gasteiger partial charge in [0, 0.05) is 6.26 Å². The van der Waals surface area contributed by atoms with E-state index in [1.807, 2.05) is 0 Å². The van der Waals surface area contributed by atoms with Gasteiger partial charge >= 0.3 is 0 Å². The first-order valence-electron chi connectivity index (χ1n) is 4.33. The van der Waals surface area contributed by atoms with Gasteiger partial charge in [0.1, 0.15) is 9.84 Å². The summed E-state index contributed by atoms with van der Waals surface area (Å²) < 4.78 is 21.5. The van der Waals surface area contributed by atoms with Gasteiger partial charge in [-0.15, -0.1) is 0 Å². The third kappa shape index (κ3) is 4.72. The monoisotopic (exact) mass is 192 g/mol. The molecule has 0 amide bonds. The lowest BCUT2D eigenvalue weighted by Crippen LogP contribution is -2.14. The van der Waals surface area contributed by atoms with Crippen LogP contribution >= 0.6 is 0 Å². The van der Waals surface area contributed by atoms with Gasteiger partial charge < -0.3 is 5.11 Å². The van der Waals surface area contributed by atoms with Gasteiger partial charge in [0.15, 0.2) is 0 Å². The summed E-state index contributed by atoms with van der Waals surface area (Å²) >= 11 is 0. The topological polar surface area (TPSA) is 54.4 Å². The van der Waals surface area contributed by atoms with Crippen LogP contribution < -0.4 is 0 Å². The predicted octanol–water partition coefficient (Wildman–Crippen LogP) is 0.582. The lowest BCUT2D eigenvalue weighted by molar-refractivity contribution is 0.154. The van der Waals surface area contributed by atoms with Gasteiger partial charge in [-0.05, 0) is 18.8 Å².